The van der Waals surface area contributed by atoms with Crippen molar-refractivity contribution < 1.29 is 21.2 Å². The zero-order valence-electron chi connectivity index (χ0n) is 12.1. The summed E-state index contributed by atoms with van der Waals surface area (Å²) in [6.45, 7) is 5.43. The lowest BCUT2D eigenvalue weighted by Crippen LogP contribution is -2.37. The van der Waals surface area contributed by atoms with Crippen LogP contribution in [0.4, 0.5) is 4.39 Å². The molecular weight excluding hydrogens is 319 g/mol. The first-order valence-electron chi connectivity index (χ1n) is 6.36. The molecule has 0 aliphatic carbocycles. The number of primary sulfonamides is 1. The van der Waals surface area contributed by atoms with E-state index in [-0.39, 0.29) is 12.6 Å². The van der Waals surface area contributed by atoms with Crippen molar-refractivity contribution in [2.45, 2.75) is 43.0 Å². The molecule has 0 unspecified atom stereocenters. The Labute approximate surface area is 124 Å². The summed E-state index contributed by atoms with van der Waals surface area (Å²) in [7, 11) is -8.12. The van der Waals surface area contributed by atoms with Crippen LogP contribution in [0.3, 0.4) is 0 Å². The van der Waals surface area contributed by atoms with Crippen LogP contribution in [0.5, 0.6) is 0 Å². The van der Waals surface area contributed by atoms with Gasteiger partial charge in [0, 0.05) is 12.6 Å². The van der Waals surface area contributed by atoms with Crippen molar-refractivity contribution in [1.82, 2.24) is 4.31 Å². The first-order valence-corrected chi connectivity index (χ1v) is 9.34. The van der Waals surface area contributed by atoms with Gasteiger partial charge < -0.3 is 0 Å². The van der Waals surface area contributed by atoms with Gasteiger partial charge in [0.2, 0.25) is 20.0 Å². The monoisotopic (exact) mass is 338 g/mol. The normalized spacial score (nSPS) is 13.1. The second-order valence-corrected chi connectivity index (χ2v) is 8.27. The summed E-state index contributed by atoms with van der Waals surface area (Å²) in [5, 5.41) is 4.89. The summed E-state index contributed by atoms with van der Waals surface area (Å²) < 4.78 is 62.4. The average Bonchev–Trinajstić information content (AvgIpc) is 2.33. The van der Waals surface area contributed by atoms with Gasteiger partial charge in [0.05, 0.1) is 4.90 Å². The van der Waals surface area contributed by atoms with E-state index in [0.29, 0.717) is 12.5 Å². The van der Waals surface area contributed by atoms with Crippen molar-refractivity contribution in [2.24, 2.45) is 5.14 Å². The fraction of sp³-hybridized carbons (Fsp3) is 0.500. The van der Waals surface area contributed by atoms with Gasteiger partial charge in [-0.05, 0) is 38.5 Å². The highest BCUT2D eigenvalue weighted by atomic mass is 32.2. The highest BCUT2D eigenvalue weighted by Crippen LogP contribution is 2.23. The molecule has 2 N–H and O–H groups in total. The fourth-order valence-corrected chi connectivity index (χ4v) is 4.17. The molecule has 9 heteroatoms. The molecule has 21 heavy (non-hydrogen) atoms. The van der Waals surface area contributed by atoms with Crippen molar-refractivity contribution in [3.05, 3.63) is 24.0 Å². The van der Waals surface area contributed by atoms with Gasteiger partial charge in [0.1, 0.15) is 10.7 Å². The van der Waals surface area contributed by atoms with Gasteiger partial charge in [-0.25, -0.2) is 26.4 Å². The lowest BCUT2D eigenvalue weighted by Gasteiger charge is -2.25. The standard InChI is InChI=1S/C12H19FN2O4S2/c1-4-7-15(9(2)3)21(18,19)12-6-5-10(8-11(12)13)20(14,16)17/h5-6,8-9H,4,7H2,1-3H3,(H2,14,16,17). The van der Waals surface area contributed by atoms with E-state index in [1.807, 2.05) is 6.92 Å². The second kappa shape index (κ2) is 6.39. The molecule has 0 radical (unpaired) electrons. The third-order valence-electron chi connectivity index (χ3n) is 2.84. The van der Waals surface area contributed by atoms with Crippen molar-refractivity contribution >= 4 is 20.0 Å². The topological polar surface area (TPSA) is 97.5 Å². The molecule has 0 saturated carbocycles. The number of rotatable bonds is 6. The van der Waals surface area contributed by atoms with Crippen LogP contribution in [0.2, 0.25) is 0 Å². The Morgan fingerprint density at radius 3 is 2.19 bits per heavy atom. The molecule has 0 bridgehead atoms. The molecule has 1 aromatic carbocycles. The van der Waals surface area contributed by atoms with Crippen LogP contribution in [-0.2, 0) is 20.0 Å². The lowest BCUT2D eigenvalue weighted by molar-refractivity contribution is 0.352. The predicted molar refractivity (Wildman–Crippen MR) is 77.1 cm³/mol. The summed E-state index contributed by atoms with van der Waals surface area (Å²) in [5.41, 5.74) is 0. The largest absolute Gasteiger partial charge is 0.246 e. The Hall–Kier alpha value is -1.03. The van der Waals surface area contributed by atoms with Crippen LogP contribution < -0.4 is 5.14 Å². The molecule has 0 atom stereocenters. The van der Waals surface area contributed by atoms with Gasteiger partial charge in [0.15, 0.2) is 0 Å². The van der Waals surface area contributed by atoms with Crippen LogP contribution in [-0.4, -0.2) is 33.7 Å². The first kappa shape index (κ1) is 18.0. The minimum absolute atomic E-state index is 0.246. The number of nitrogens with zero attached hydrogens (tertiary/aromatic N) is 1. The van der Waals surface area contributed by atoms with Gasteiger partial charge in [-0.2, -0.15) is 4.31 Å². The van der Waals surface area contributed by atoms with E-state index >= 15 is 0 Å². The maximum atomic E-state index is 14.0. The SMILES string of the molecule is CCCN(C(C)C)S(=O)(=O)c1ccc(S(N)(=O)=O)cc1F. The molecular formula is C12H19FN2O4S2. The Bertz CT molecular complexity index is 715. The van der Waals surface area contributed by atoms with Gasteiger partial charge >= 0.3 is 0 Å². The minimum atomic E-state index is -4.08. The molecule has 0 saturated heterocycles. The smallest absolute Gasteiger partial charge is 0.225 e. The van der Waals surface area contributed by atoms with Crippen molar-refractivity contribution in [1.29, 1.82) is 0 Å². The summed E-state index contributed by atoms with van der Waals surface area (Å²) in [6.07, 6.45) is 0.578. The van der Waals surface area contributed by atoms with E-state index in [1.54, 1.807) is 13.8 Å². The van der Waals surface area contributed by atoms with Crippen LogP contribution in [0.15, 0.2) is 28.0 Å². The number of hydrogen-bond acceptors (Lipinski definition) is 4. The molecule has 120 valence electrons. The lowest BCUT2D eigenvalue weighted by atomic mass is 10.3. The zero-order chi connectivity index (χ0) is 16.4. The number of halogens is 1. The molecule has 0 aromatic heterocycles. The van der Waals surface area contributed by atoms with Crippen LogP contribution >= 0.6 is 0 Å². The van der Waals surface area contributed by atoms with E-state index in [4.69, 9.17) is 5.14 Å². The predicted octanol–water partition coefficient (Wildman–Crippen LogP) is 1.28. The molecule has 6 nitrogen and oxygen atoms in total. The number of sulfonamides is 2. The van der Waals surface area contributed by atoms with Crippen molar-refractivity contribution in [2.75, 3.05) is 6.54 Å². The van der Waals surface area contributed by atoms with E-state index in [2.05, 4.69) is 0 Å². The van der Waals surface area contributed by atoms with Gasteiger partial charge in [0.25, 0.3) is 0 Å². The van der Waals surface area contributed by atoms with Crippen molar-refractivity contribution in [3.8, 4) is 0 Å². The molecule has 0 fully saturated rings. The van der Waals surface area contributed by atoms with Crippen molar-refractivity contribution in [3.63, 3.8) is 0 Å². The summed E-state index contributed by atoms with van der Waals surface area (Å²) >= 11 is 0. The molecule has 0 aliphatic rings. The Kier molecular flexibility index (Phi) is 5.48. The number of hydrogen-bond donors (Lipinski definition) is 1. The van der Waals surface area contributed by atoms with Crippen LogP contribution in [0.25, 0.3) is 0 Å². The molecule has 1 rings (SSSR count). The molecule has 0 spiro atoms. The maximum absolute atomic E-state index is 14.0. The fourth-order valence-electron chi connectivity index (χ4n) is 1.87. The molecule has 0 amide bonds. The van der Waals surface area contributed by atoms with Crippen LogP contribution in [0, 0.1) is 5.82 Å². The third kappa shape index (κ3) is 4.00. The van der Waals surface area contributed by atoms with Gasteiger partial charge in [-0.15, -0.1) is 0 Å². The van der Waals surface area contributed by atoms with E-state index < -0.39 is 35.7 Å². The third-order valence-corrected chi connectivity index (χ3v) is 5.86. The Balaban J connectivity index is 3.39. The maximum Gasteiger partial charge on any atom is 0.246 e. The van der Waals surface area contributed by atoms with E-state index in [0.717, 1.165) is 12.1 Å². The molecule has 0 aliphatic heterocycles. The molecule has 1 aromatic rings. The Morgan fingerprint density at radius 1 is 1.24 bits per heavy atom. The number of nitrogens with two attached hydrogens (primary N) is 1. The molecule has 0 heterocycles. The van der Waals surface area contributed by atoms with Gasteiger partial charge in [-0.1, -0.05) is 6.92 Å². The zero-order valence-corrected chi connectivity index (χ0v) is 13.7. The van der Waals surface area contributed by atoms with Crippen LogP contribution in [0.1, 0.15) is 27.2 Å². The second-order valence-electron chi connectivity index (χ2n) is 4.85. The Morgan fingerprint density at radius 2 is 1.81 bits per heavy atom. The first-order chi connectivity index (χ1) is 9.51. The minimum Gasteiger partial charge on any atom is -0.225 e. The highest BCUT2D eigenvalue weighted by molar-refractivity contribution is 7.89. The average molecular weight is 338 g/mol. The summed E-state index contributed by atoms with van der Waals surface area (Å²) in [4.78, 5) is -1.03. The number of benzene rings is 1. The highest BCUT2D eigenvalue weighted by Gasteiger charge is 2.29. The van der Waals surface area contributed by atoms with E-state index in [9.17, 15) is 21.2 Å². The summed E-state index contributed by atoms with van der Waals surface area (Å²) in [5.74, 6) is -1.14. The quantitative estimate of drug-likeness (QED) is 0.845. The van der Waals surface area contributed by atoms with E-state index in [1.165, 1.54) is 4.31 Å². The van der Waals surface area contributed by atoms with Gasteiger partial charge in [-0.3, -0.25) is 0 Å². The summed E-state index contributed by atoms with van der Waals surface area (Å²) in [6, 6.07) is 2.19.